The highest BCUT2D eigenvalue weighted by atomic mass is 32.2. The van der Waals surface area contributed by atoms with Crippen LogP contribution < -0.4 is 4.74 Å². The van der Waals surface area contributed by atoms with Gasteiger partial charge in [0.1, 0.15) is 17.8 Å². The van der Waals surface area contributed by atoms with Gasteiger partial charge in [0.2, 0.25) is 10.0 Å². The number of nitrogens with zero attached hydrogens (tertiary/aromatic N) is 3. The van der Waals surface area contributed by atoms with Gasteiger partial charge in [0.05, 0.1) is 24.1 Å². The zero-order chi connectivity index (χ0) is 28.2. The van der Waals surface area contributed by atoms with Crippen molar-refractivity contribution in [2.24, 2.45) is 0 Å². The van der Waals surface area contributed by atoms with Gasteiger partial charge in [-0.1, -0.05) is 24.3 Å². The van der Waals surface area contributed by atoms with Crippen LogP contribution in [0.5, 0.6) is 5.75 Å². The monoisotopic (exact) mass is 553 g/mol. The summed E-state index contributed by atoms with van der Waals surface area (Å²) in [6, 6.07) is 13.5. The molecule has 0 saturated carbocycles. The first-order chi connectivity index (χ1) is 18.6. The van der Waals surface area contributed by atoms with E-state index in [1.807, 2.05) is 6.92 Å². The van der Waals surface area contributed by atoms with Crippen molar-refractivity contribution in [3.8, 4) is 5.75 Å². The lowest BCUT2D eigenvalue weighted by Gasteiger charge is -2.21. The molecule has 0 spiro atoms. The minimum absolute atomic E-state index is 0.00509. The van der Waals surface area contributed by atoms with E-state index >= 15 is 0 Å². The fraction of sp³-hybridized carbons (Fsp3) is 0.433. The summed E-state index contributed by atoms with van der Waals surface area (Å²) in [6.07, 6.45) is 3.95. The molecule has 1 aromatic heterocycles. The van der Waals surface area contributed by atoms with Crippen LogP contribution in [0.1, 0.15) is 58.1 Å². The van der Waals surface area contributed by atoms with Crippen molar-refractivity contribution in [3.05, 3.63) is 82.3 Å². The van der Waals surface area contributed by atoms with Gasteiger partial charge in [-0.15, -0.1) is 0 Å². The number of amides is 1. The molecule has 1 amide bonds. The molecule has 1 aliphatic heterocycles. The van der Waals surface area contributed by atoms with Crippen molar-refractivity contribution < 1.29 is 22.4 Å². The quantitative estimate of drug-likeness (QED) is 0.333. The Labute approximate surface area is 232 Å². The molecule has 0 N–H and O–H groups in total. The van der Waals surface area contributed by atoms with Crippen LogP contribution in [0.2, 0.25) is 0 Å². The summed E-state index contributed by atoms with van der Waals surface area (Å²) in [5, 5.41) is 0. The molecule has 1 fully saturated rings. The molecule has 2 aromatic carbocycles. The van der Waals surface area contributed by atoms with E-state index in [9.17, 15) is 13.2 Å². The van der Waals surface area contributed by atoms with E-state index in [2.05, 4.69) is 29.2 Å². The van der Waals surface area contributed by atoms with Crippen LogP contribution >= 0.6 is 0 Å². The fourth-order valence-electron chi connectivity index (χ4n) is 5.15. The molecule has 8 nitrogen and oxygen atoms in total. The number of hydrogen-bond acceptors (Lipinski definition) is 6. The molecule has 2 heterocycles. The first-order valence-electron chi connectivity index (χ1n) is 13.4. The average Bonchev–Trinajstić information content (AvgIpc) is 3.59. The van der Waals surface area contributed by atoms with Gasteiger partial charge in [0.25, 0.3) is 5.91 Å². The molecule has 39 heavy (non-hydrogen) atoms. The van der Waals surface area contributed by atoms with Gasteiger partial charge in [-0.05, 0) is 87.2 Å². The number of aryl methyl sites for hydroxylation is 2. The largest absolute Gasteiger partial charge is 0.497 e. The second-order valence-electron chi connectivity index (χ2n) is 10.3. The summed E-state index contributed by atoms with van der Waals surface area (Å²) >= 11 is 0. The van der Waals surface area contributed by atoms with Crippen LogP contribution in [-0.2, 0) is 29.7 Å². The number of likely N-dealkylation sites (tertiary alicyclic amines) is 1. The van der Waals surface area contributed by atoms with Gasteiger partial charge in [0, 0.05) is 26.7 Å². The number of furan rings is 1. The van der Waals surface area contributed by atoms with Crippen molar-refractivity contribution in [1.29, 1.82) is 0 Å². The van der Waals surface area contributed by atoms with E-state index in [0.717, 1.165) is 25.2 Å². The topological polar surface area (TPSA) is 83.3 Å². The lowest BCUT2D eigenvalue weighted by molar-refractivity contribution is 0.0752. The lowest BCUT2D eigenvalue weighted by atomic mass is 10.1. The van der Waals surface area contributed by atoms with Crippen molar-refractivity contribution in [2.75, 3.05) is 33.8 Å². The summed E-state index contributed by atoms with van der Waals surface area (Å²) in [5.74, 6) is 0.857. The third kappa shape index (κ3) is 6.72. The molecule has 0 radical (unpaired) electrons. The molecule has 1 saturated heterocycles. The zero-order valence-corrected chi connectivity index (χ0v) is 24.4. The van der Waals surface area contributed by atoms with Gasteiger partial charge in [-0.2, -0.15) is 4.31 Å². The third-order valence-electron chi connectivity index (χ3n) is 7.29. The van der Waals surface area contributed by atoms with Gasteiger partial charge in [-0.25, -0.2) is 8.42 Å². The molecule has 0 aliphatic carbocycles. The molecule has 9 heteroatoms. The van der Waals surface area contributed by atoms with Crippen molar-refractivity contribution in [1.82, 2.24) is 14.1 Å². The van der Waals surface area contributed by atoms with Crippen LogP contribution in [0.4, 0.5) is 0 Å². The average molecular weight is 554 g/mol. The van der Waals surface area contributed by atoms with Crippen LogP contribution in [-0.4, -0.2) is 62.2 Å². The summed E-state index contributed by atoms with van der Waals surface area (Å²) in [5.41, 5.74) is 3.97. The predicted molar refractivity (Wildman–Crippen MR) is 151 cm³/mol. The molecule has 0 bridgehead atoms. The van der Waals surface area contributed by atoms with E-state index in [4.69, 9.17) is 9.15 Å². The molecule has 210 valence electrons. The Bertz CT molecular complexity index is 1370. The Balaban J connectivity index is 1.41. The van der Waals surface area contributed by atoms with Crippen LogP contribution in [0.15, 0.2) is 58.0 Å². The van der Waals surface area contributed by atoms with E-state index in [1.165, 1.54) is 36.0 Å². The number of benzene rings is 2. The summed E-state index contributed by atoms with van der Waals surface area (Å²) < 4.78 is 38.9. The molecule has 1 aliphatic rings. The van der Waals surface area contributed by atoms with E-state index in [-0.39, 0.29) is 17.3 Å². The maximum atomic E-state index is 13.4. The number of sulfonamides is 1. The molecule has 3 aromatic rings. The van der Waals surface area contributed by atoms with E-state index in [1.54, 1.807) is 44.1 Å². The zero-order valence-electron chi connectivity index (χ0n) is 23.6. The van der Waals surface area contributed by atoms with Crippen LogP contribution in [0, 0.1) is 13.8 Å². The van der Waals surface area contributed by atoms with Crippen molar-refractivity contribution in [3.63, 3.8) is 0 Å². The molecule has 4 rings (SSSR count). The highest BCUT2D eigenvalue weighted by molar-refractivity contribution is 7.89. The highest BCUT2D eigenvalue weighted by Gasteiger charge is 2.27. The number of hydrogen-bond donors (Lipinski definition) is 0. The second-order valence-corrected chi connectivity index (χ2v) is 12.3. The summed E-state index contributed by atoms with van der Waals surface area (Å²) in [4.78, 5) is 17.7. The standard InChI is InChI=1S/C30H39N3O5S/c1-6-33(19-25-11-9-24(10-12-25)18-32-13-7-8-14-32)30(34)26-17-28(38-21-26)20-31(4)39(35,36)29-22(2)15-27(37-5)16-23(29)3/h9-12,15-17,21H,6-8,13-14,18-20H2,1-5H3. The Morgan fingerprint density at radius 3 is 2.21 bits per heavy atom. The van der Waals surface area contributed by atoms with Crippen LogP contribution in [0.3, 0.4) is 0 Å². The molecular weight excluding hydrogens is 514 g/mol. The van der Waals surface area contributed by atoms with Crippen molar-refractivity contribution in [2.45, 2.75) is 58.1 Å². The second kappa shape index (κ2) is 12.4. The number of ether oxygens (including phenoxy) is 1. The number of carbonyl (C=O) groups is 1. The SMILES string of the molecule is CCN(Cc1ccc(CN2CCCC2)cc1)C(=O)c1coc(CN(C)S(=O)(=O)c2c(C)cc(OC)cc2C)c1. The van der Waals surface area contributed by atoms with E-state index in [0.29, 0.717) is 41.3 Å². The minimum Gasteiger partial charge on any atom is -0.497 e. The first-order valence-corrected chi connectivity index (χ1v) is 14.8. The predicted octanol–water partition coefficient (Wildman–Crippen LogP) is 4.98. The Morgan fingerprint density at radius 1 is 1.00 bits per heavy atom. The van der Waals surface area contributed by atoms with Gasteiger partial charge in [0.15, 0.2) is 0 Å². The third-order valence-corrected chi connectivity index (χ3v) is 9.40. The maximum absolute atomic E-state index is 13.4. The van der Waals surface area contributed by atoms with Crippen LogP contribution in [0.25, 0.3) is 0 Å². The van der Waals surface area contributed by atoms with Gasteiger partial charge in [-0.3, -0.25) is 9.69 Å². The Kier molecular flexibility index (Phi) is 9.15. The lowest BCUT2D eigenvalue weighted by Crippen LogP contribution is -2.30. The summed E-state index contributed by atoms with van der Waals surface area (Å²) in [6.45, 7) is 9.77. The minimum atomic E-state index is -3.79. The highest BCUT2D eigenvalue weighted by Crippen LogP contribution is 2.28. The first kappa shape index (κ1) is 28.9. The molecular formula is C30H39N3O5S. The number of carbonyl (C=O) groups excluding carboxylic acids is 1. The summed E-state index contributed by atoms with van der Waals surface area (Å²) in [7, 11) is -0.728. The molecule has 0 unspecified atom stereocenters. The normalized spacial score (nSPS) is 14.2. The number of rotatable bonds is 11. The van der Waals surface area contributed by atoms with Crippen molar-refractivity contribution >= 4 is 15.9 Å². The van der Waals surface area contributed by atoms with E-state index < -0.39 is 10.0 Å². The number of methoxy groups -OCH3 is 1. The maximum Gasteiger partial charge on any atom is 0.257 e. The smallest absolute Gasteiger partial charge is 0.257 e. The van der Waals surface area contributed by atoms with Gasteiger partial charge >= 0.3 is 0 Å². The fourth-order valence-corrected chi connectivity index (χ4v) is 6.69. The Hall–Kier alpha value is -3.14. The molecule has 0 atom stereocenters. The Morgan fingerprint density at radius 2 is 1.62 bits per heavy atom. The van der Waals surface area contributed by atoms with Gasteiger partial charge < -0.3 is 14.1 Å².